The number of hydrogen-bond donors (Lipinski definition) is 2. The lowest BCUT2D eigenvalue weighted by atomic mass is 9.95. The first-order chi connectivity index (χ1) is 11.2. The van der Waals surface area contributed by atoms with Crippen LogP contribution < -0.4 is 5.73 Å². The van der Waals surface area contributed by atoms with Crippen LogP contribution in [0.25, 0.3) is 0 Å². The van der Waals surface area contributed by atoms with Crippen LogP contribution in [-0.4, -0.2) is 40.1 Å². The quantitative estimate of drug-likeness (QED) is 0.889. The summed E-state index contributed by atoms with van der Waals surface area (Å²) in [6, 6.07) is 10.2. The molecule has 1 aliphatic carbocycles. The number of aryl methyl sites for hydroxylation is 1. The number of H-pyrrole nitrogens is 1. The first-order valence-electron chi connectivity index (χ1n) is 8.40. The molecule has 1 aliphatic heterocycles. The van der Waals surface area contributed by atoms with Gasteiger partial charge in [0.15, 0.2) is 5.69 Å². The van der Waals surface area contributed by atoms with Gasteiger partial charge in [-0.2, -0.15) is 5.10 Å². The molecule has 4 rings (SSSR count). The highest BCUT2D eigenvalue weighted by atomic mass is 16.2. The third kappa shape index (κ3) is 2.55. The summed E-state index contributed by atoms with van der Waals surface area (Å²) in [4.78, 5) is 14.8. The van der Waals surface area contributed by atoms with Gasteiger partial charge >= 0.3 is 0 Å². The Labute approximate surface area is 135 Å². The van der Waals surface area contributed by atoms with Gasteiger partial charge in [-0.25, -0.2) is 0 Å². The maximum atomic E-state index is 12.9. The predicted molar refractivity (Wildman–Crippen MR) is 88.3 cm³/mol. The normalized spacial score (nSPS) is 23.8. The summed E-state index contributed by atoms with van der Waals surface area (Å²) < 4.78 is 0. The van der Waals surface area contributed by atoms with Gasteiger partial charge in [0, 0.05) is 36.3 Å². The Hall–Kier alpha value is -2.14. The van der Waals surface area contributed by atoms with E-state index in [1.807, 2.05) is 23.1 Å². The second-order valence-electron chi connectivity index (χ2n) is 6.63. The lowest BCUT2D eigenvalue weighted by Gasteiger charge is -2.17. The van der Waals surface area contributed by atoms with Crippen LogP contribution in [0.3, 0.4) is 0 Å². The lowest BCUT2D eigenvalue weighted by Crippen LogP contribution is -2.33. The zero-order chi connectivity index (χ0) is 15.8. The molecule has 1 amide bonds. The van der Waals surface area contributed by atoms with Crippen LogP contribution in [0.5, 0.6) is 0 Å². The molecule has 0 saturated carbocycles. The smallest absolute Gasteiger partial charge is 0.274 e. The standard InChI is InChI=1S/C18H22N4O/c19-15-11-22(10-14(15)12-6-2-1-3-7-12)18(23)17-13-8-4-5-9-16(13)20-21-17/h1-3,6-7,14-15H,4-5,8-11,19H2,(H,20,21)/t14-,15+/m1/s1. The van der Waals surface area contributed by atoms with E-state index in [0.29, 0.717) is 18.8 Å². The van der Waals surface area contributed by atoms with E-state index in [9.17, 15) is 4.79 Å². The highest BCUT2D eigenvalue weighted by Crippen LogP contribution is 2.29. The largest absolute Gasteiger partial charge is 0.335 e. The highest BCUT2D eigenvalue weighted by molar-refractivity contribution is 5.94. The second kappa shape index (κ2) is 5.81. The fourth-order valence-corrected chi connectivity index (χ4v) is 3.86. The molecule has 2 atom stereocenters. The van der Waals surface area contributed by atoms with Gasteiger partial charge in [-0.05, 0) is 31.2 Å². The summed E-state index contributed by atoms with van der Waals surface area (Å²) >= 11 is 0. The Morgan fingerprint density at radius 1 is 1.17 bits per heavy atom. The van der Waals surface area contributed by atoms with Crippen molar-refractivity contribution in [2.24, 2.45) is 5.73 Å². The van der Waals surface area contributed by atoms with Crippen LogP contribution in [0.4, 0.5) is 0 Å². The fraction of sp³-hybridized carbons (Fsp3) is 0.444. The number of nitrogens with one attached hydrogen (secondary N) is 1. The fourth-order valence-electron chi connectivity index (χ4n) is 3.86. The minimum atomic E-state index is -0.0175. The van der Waals surface area contributed by atoms with E-state index in [1.54, 1.807) is 0 Å². The molecule has 1 aromatic heterocycles. The van der Waals surface area contributed by atoms with Crippen LogP contribution in [0, 0.1) is 0 Å². The second-order valence-corrected chi connectivity index (χ2v) is 6.63. The third-order valence-electron chi connectivity index (χ3n) is 5.14. The van der Waals surface area contributed by atoms with Crippen molar-refractivity contribution in [1.29, 1.82) is 0 Å². The average molecular weight is 310 g/mol. The van der Waals surface area contributed by atoms with Crippen molar-refractivity contribution < 1.29 is 4.79 Å². The molecule has 120 valence electrons. The van der Waals surface area contributed by atoms with Gasteiger partial charge in [-0.1, -0.05) is 30.3 Å². The number of aromatic amines is 1. The Kier molecular flexibility index (Phi) is 3.65. The molecule has 5 heteroatoms. The molecule has 0 radical (unpaired) electrons. The predicted octanol–water partition coefficient (Wildman–Crippen LogP) is 1.86. The van der Waals surface area contributed by atoms with Gasteiger partial charge in [0.1, 0.15) is 0 Å². The summed E-state index contributed by atoms with van der Waals surface area (Å²) in [6.45, 7) is 1.27. The van der Waals surface area contributed by atoms with Crippen molar-refractivity contribution in [3.05, 3.63) is 52.8 Å². The number of aromatic nitrogens is 2. The summed E-state index contributed by atoms with van der Waals surface area (Å²) in [7, 11) is 0. The number of nitrogens with two attached hydrogens (primary N) is 1. The van der Waals surface area contributed by atoms with Gasteiger partial charge in [-0.3, -0.25) is 9.89 Å². The van der Waals surface area contributed by atoms with E-state index in [-0.39, 0.29) is 17.9 Å². The molecular weight excluding hydrogens is 288 g/mol. The van der Waals surface area contributed by atoms with Gasteiger partial charge < -0.3 is 10.6 Å². The monoisotopic (exact) mass is 310 g/mol. The summed E-state index contributed by atoms with van der Waals surface area (Å²) in [5.41, 5.74) is 10.4. The molecular formula is C18H22N4O. The topological polar surface area (TPSA) is 75.0 Å². The molecule has 0 bridgehead atoms. The van der Waals surface area contributed by atoms with Crippen molar-refractivity contribution in [2.75, 3.05) is 13.1 Å². The summed E-state index contributed by atoms with van der Waals surface area (Å²) in [5.74, 6) is 0.230. The Morgan fingerprint density at radius 3 is 2.78 bits per heavy atom. The van der Waals surface area contributed by atoms with E-state index >= 15 is 0 Å². The zero-order valence-corrected chi connectivity index (χ0v) is 13.2. The van der Waals surface area contributed by atoms with Gasteiger partial charge in [0.2, 0.25) is 0 Å². The van der Waals surface area contributed by atoms with Gasteiger partial charge in [0.25, 0.3) is 5.91 Å². The average Bonchev–Trinajstić information content (AvgIpc) is 3.19. The van der Waals surface area contributed by atoms with E-state index in [2.05, 4.69) is 22.3 Å². The zero-order valence-electron chi connectivity index (χ0n) is 13.2. The maximum Gasteiger partial charge on any atom is 0.274 e. The summed E-state index contributed by atoms with van der Waals surface area (Å²) in [6.07, 6.45) is 4.27. The van der Waals surface area contributed by atoms with Crippen molar-refractivity contribution in [3.8, 4) is 0 Å². The minimum absolute atomic E-state index is 0.0175. The van der Waals surface area contributed by atoms with E-state index in [1.165, 1.54) is 12.0 Å². The van der Waals surface area contributed by atoms with Crippen molar-refractivity contribution in [2.45, 2.75) is 37.6 Å². The molecule has 3 N–H and O–H groups in total. The van der Waals surface area contributed by atoms with Crippen molar-refractivity contribution >= 4 is 5.91 Å². The molecule has 2 aromatic rings. The number of carbonyl (C=O) groups is 1. The first-order valence-corrected chi connectivity index (χ1v) is 8.40. The number of benzene rings is 1. The SMILES string of the molecule is N[C@H]1CN(C(=O)c2n[nH]c3c2CCCC3)C[C@@H]1c1ccccc1. The van der Waals surface area contributed by atoms with Crippen LogP contribution in [0.1, 0.15) is 46.1 Å². The number of likely N-dealkylation sites (tertiary alicyclic amines) is 1. The summed E-state index contributed by atoms with van der Waals surface area (Å²) in [5, 5.41) is 7.36. The number of amides is 1. The van der Waals surface area contributed by atoms with Crippen molar-refractivity contribution in [1.82, 2.24) is 15.1 Å². The van der Waals surface area contributed by atoms with Crippen molar-refractivity contribution in [3.63, 3.8) is 0 Å². The number of fused-ring (bicyclic) bond motifs is 1. The number of carbonyl (C=O) groups excluding carboxylic acids is 1. The first kappa shape index (κ1) is 14.5. The Morgan fingerprint density at radius 2 is 1.96 bits per heavy atom. The maximum absolute atomic E-state index is 12.9. The number of rotatable bonds is 2. The Balaban J connectivity index is 1.55. The Bertz CT molecular complexity index is 709. The third-order valence-corrected chi connectivity index (χ3v) is 5.14. The molecule has 5 nitrogen and oxygen atoms in total. The highest BCUT2D eigenvalue weighted by Gasteiger charge is 2.36. The lowest BCUT2D eigenvalue weighted by molar-refractivity contribution is 0.0782. The van der Waals surface area contributed by atoms with Crippen LogP contribution in [0.2, 0.25) is 0 Å². The number of hydrogen-bond acceptors (Lipinski definition) is 3. The van der Waals surface area contributed by atoms with E-state index in [0.717, 1.165) is 30.5 Å². The van der Waals surface area contributed by atoms with Crippen LogP contribution in [0.15, 0.2) is 30.3 Å². The molecule has 1 fully saturated rings. The molecule has 0 unspecified atom stereocenters. The van der Waals surface area contributed by atoms with Gasteiger partial charge in [0.05, 0.1) is 0 Å². The molecule has 2 heterocycles. The number of nitrogens with zero attached hydrogens (tertiary/aromatic N) is 2. The molecule has 1 saturated heterocycles. The van der Waals surface area contributed by atoms with E-state index < -0.39 is 0 Å². The molecule has 1 aromatic carbocycles. The van der Waals surface area contributed by atoms with Crippen LogP contribution in [-0.2, 0) is 12.8 Å². The molecule has 0 spiro atoms. The van der Waals surface area contributed by atoms with E-state index in [4.69, 9.17) is 5.73 Å². The van der Waals surface area contributed by atoms with Gasteiger partial charge in [-0.15, -0.1) is 0 Å². The van der Waals surface area contributed by atoms with Crippen LogP contribution >= 0.6 is 0 Å². The molecule has 23 heavy (non-hydrogen) atoms. The minimum Gasteiger partial charge on any atom is -0.335 e. The molecule has 2 aliphatic rings.